The maximum Gasteiger partial charge on any atom is 0.317 e. The molecule has 0 bridgehead atoms. The molecule has 0 aromatic heterocycles. The molecule has 0 radical (unpaired) electrons. The predicted octanol–water partition coefficient (Wildman–Crippen LogP) is 3.17. The summed E-state index contributed by atoms with van der Waals surface area (Å²) in [5.74, 6) is 0.575. The van der Waals surface area contributed by atoms with Crippen LogP contribution >= 0.6 is 0 Å². The van der Waals surface area contributed by atoms with Crippen LogP contribution < -0.4 is 10.6 Å². The topological polar surface area (TPSA) is 64.7 Å². The summed E-state index contributed by atoms with van der Waals surface area (Å²) in [7, 11) is 1.87. The molecule has 1 atom stereocenters. The smallest absolute Gasteiger partial charge is 0.317 e. The Morgan fingerprint density at radius 1 is 1.15 bits per heavy atom. The molecule has 6 nitrogen and oxygen atoms in total. The molecular weight excluding hydrogens is 340 g/mol. The highest BCUT2D eigenvalue weighted by atomic mass is 16.2. The van der Waals surface area contributed by atoms with Gasteiger partial charge in [0.15, 0.2) is 0 Å². The minimum atomic E-state index is 0.00317. The molecule has 2 N–H and O–H groups in total. The number of urea groups is 1. The van der Waals surface area contributed by atoms with Crippen LogP contribution in [0.2, 0.25) is 0 Å². The lowest BCUT2D eigenvalue weighted by Crippen LogP contribution is -2.51. The third-order valence-corrected chi connectivity index (χ3v) is 5.13. The van der Waals surface area contributed by atoms with Gasteiger partial charge in [0.1, 0.15) is 0 Å². The van der Waals surface area contributed by atoms with Crippen LogP contribution in [0.4, 0.5) is 10.5 Å². The lowest BCUT2D eigenvalue weighted by Gasteiger charge is -2.34. The number of anilines is 1. The first-order valence-electron chi connectivity index (χ1n) is 9.95. The number of hydrogen-bond donors (Lipinski definition) is 2. The summed E-state index contributed by atoms with van der Waals surface area (Å²) in [6, 6.07) is 9.92. The predicted molar refractivity (Wildman–Crippen MR) is 110 cm³/mol. The van der Waals surface area contributed by atoms with Crippen LogP contribution in [0, 0.1) is 5.92 Å². The number of nitrogens with zero attached hydrogens (tertiary/aromatic N) is 2. The van der Waals surface area contributed by atoms with E-state index in [0.29, 0.717) is 12.5 Å². The van der Waals surface area contributed by atoms with Crippen LogP contribution in [-0.4, -0.2) is 60.5 Å². The monoisotopic (exact) mass is 374 g/mol. The third-order valence-electron chi connectivity index (χ3n) is 5.13. The van der Waals surface area contributed by atoms with Gasteiger partial charge in [-0.3, -0.25) is 9.69 Å². The van der Waals surface area contributed by atoms with E-state index in [1.54, 1.807) is 4.90 Å². The highest BCUT2D eigenvalue weighted by Crippen LogP contribution is 2.13. The molecule has 2 rings (SSSR count). The molecule has 3 amide bonds. The number of amides is 3. The quantitative estimate of drug-likeness (QED) is 0.770. The van der Waals surface area contributed by atoms with Crippen molar-refractivity contribution in [3.63, 3.8) is 0 Å². The summed E-state index contributed by atoms with van der Waals surface area (Å²) in [5.41, 5.74) is 0.822. The minimum Gasteiger partial charge on any atom is -0.335 e. The van der Waals surface area contributed by atoms with Crippen molar-refractivity contribution >= 4 is 17.6 Å². The first kappa shape index (κ1) is 21.2. The molecule has 1 heterocycles. The van der Waals surface area contributed by atoms with E-state index < -0.39 is 0 Å². The van der Waals surface area contributed by atoms with E-state index in [2.05, 4.69) is 36.3 Å². The molecule has 1 aliphatic rings. The molecule has 1 aromatic carbocycles. The third kappa shape index (κ3) is 7.21. The van der Waals surface area contributed by atoms with E-state index in [0.717, 1.165) is 38.0 Å². The summed E-state index contributed by atoms with van der Waals surface area (Å²) in [6.45, 7) is 8.46. The van der Waals surface area contributed by atoms with Gasteiger partial charge >= 0.3 is 6.03 Å². The van der Waals surface area contributed by atoms with Crippen molar-refractivity contribution in [2.75, 3.05) is 32.0 Å². The summed E-state index contributed by atoms with van der Waals surface area (Å²) >= 11 is 0. The van der Waals surface area contributed by atoms with Gasteiger partial charge in [-0.1, -0.05) is 32.0 Å². The molecule has 0 saturated carbocycles. The van der Waals surface area contributed by atoms with Gasteiger partial charge in [-0.25, -0.2) is 4.79 Å². The average molecular weight is 375 g/mol. The fourth-order valence-electron chi connectivity index (χ4n) is 3.48. The van der Waals surface area contributed by atoms with Crippen LogP contribution in [0.1, 0.15) is 40.0 Å². The van der Waals surface area contributed by atoms with E-state index in [-0.39, 0.29) is 24.0 Å². The van der Waals surface area contributed by atoms with E-state index in [4.69, 9.17) is 0 Å². The molecule has 1 saturated heterocycles. The molecular formula is C21H34N4O2. The minimum absolute atomic E-state index is 0.00317. The second kappa shape index (κ2) is 10.3. The average Bonchev–Trinajstić information content (AvgIpc) is 2.62. The summed E-state index contributed by atoms with van der Waals surface area (Å²) in [6.07, 6.45) is 2.74. The van der Waals surface area contributed by atoms with E-state index >= 15 is 0 Å². The number of benzene rings is 1. The summed E-state index contributed by atoms with van der Waals surface area (Å²) < 4.78 is 0. The van der Waals surface area contributed by atoms with E-state index in [1.807, 2.05) is 37.4 Å². The van der Waals surface area contributed by atoms with Crippen LogP contribution in [-0.2, 0) is 4.79 Å². The zero-order chi connectivity index (χ0) is 19.8. The Morgan fingerprint density at radius 3 is 2.37 bits per heavy atom. The standard InChI is InChI=1S/C21H34N4O2/c1-16(2)14-17(3)24(4)21(27)23-19-10-12-25(13-11-19)15-20(26)22-18-8-6-5-7-9-18/h5-9,16-17,19H,10-15H2,1-4H3,(H,22,26)(H,23,27)/t17-/m0/s1. The number of hydrogen-bond acceptors (Lipinski definition) is 3. The molecule has 0 aliphatic carbocycles. The lowest BCUT2D eigenvalue weighted by atomic mass is 10.0. The van der Waals surface area contributed by atoms with Crippen LogP contribution in [0.5, 0.6) is 0 Å². The van der Waals surface area contributed by atoms with Gasteiger partial charge in [-0.15, -0.1) is 0 Å². The van der Waals surface area contributed by atoms with Crippen molar-refractivity contribution in [1.29, 1.82) is 0 Å². The molecule has 6 heteroatoms. The van der Waals surface area contributed by atoms with E-state index in [9.17, 15) is 9.59 Å². The number of carbonyl (C=O) groups is 2. The fourth-order valence-corrected chi connectivity index (χ4v) is 3.48. The molecule has 1 aliphatic heterocycles. The Labute approximate surface area is 163 Å². The Kier molecular flexibility index (Phi) is 8.10. The highest BCUT2D eigenvalue weighted by molar-refractivity contribution is 5.92. The van der Waals surface area contributed by atoms with Crippen molar-refractivity contribution in [2.24, 2.45) is 5.92 Å². The Balaban J connectivity index is 1.70. The van der Waals surface area contributed by atoms with Gasteiger partial charge in [0.2, 0.25) is 5.91 Å². The Bertz CT molecular complexity index is 597. The van der Waals surface area contributed by atoms with E-state index in [1.165, 1.54) is 0 Å². The number of likely N-dealkylation sites (tertiary alicyclic amines) is 1. The Morgan fingerprint density at radius 2 is 1.78 bits per heavy atom. The zero-order valence-corrected chi connectivity index (χ0v) is 17.1. The number of piperidine rings is 1. The van der Waals surface area contributed by atoms with Gasteiger partial charge in [0, 0.05) is 37.9 Å². The van der Waals surface area contributed by atoms with Crippen molar-refractivity contribution in [1.82, 2.24) is 15.1 Å². The van der Waals surface area contributed by atoms with Crippen molar-refractivity contribution in [3.05, 3.63) is 30.3 Å². The number of nitrogens with one attached hydrogen (secondary N) is 2. The first-order valence-corrected chi connectivity index (χ1v) is 9.95. The molecule has 27 heavy (non-hydrogen) atoms. The maximum atomic E-state index is 12.4. The first-order chi connectivity index (χ1) is 12.8. The number of rotatable bonds is 7. The van der Waals surface area contributed by atoms with Crippen molar-refractivity contribution < 1.29 is 9.59 Å². The second-order valence-corrected chi connectivity index (χ2v) is 8.00. The van der Waals surface area contributed by atoms with Crippen molar-refractivity contribution in [2.45, 2.75) is 52.1 Å². The molecule has 1 fully saturated rings. The molecule has 1 aromatic rings. The normalized spacial score (nSPS) is 16.8. The number of para-hydroxylation sites is 1. The summed E-state index contributed by atoms with van der Waals surface area (Å²) in [4.78, 5) is 28.5. The van der Waals surface area contributed by atoms with Gasteiger partial charge in [-0.05, 0) is 44.2 Å². The largest absolute Gasteiger partial charge is 0.335 e. The van der Waals surface area contributed by atoms with Crippen LogP contribution in [0.15, 0.2) is 30.3 Å². The van der Waals surface area contributed by atoms with Gasteiger partial charge in [0.25, 0.3) is 0 Å². The molecule has 0 spiro atoms. The summed E-state index contributed by atoms with van der Waals surface area (Å²) in [5, 5.41) is 6.06. The lowest BCUT2D eigenvalue weighted by molar-refractivity contribution is -0.117. The molecule has 0 unspecified atom stereocenters. The SMILES string of the molecule is CC(C)C[C@H](C)N(C)C(=O)NC1CCN(CC(=O)Nc2ccccc2)CC1. The molecule has 150 valence electrons. The van der Waals surface area contributed by atoms with Crippen molar-refractivity contribution in [3.8, 4) is 0 Å². The highest BCUT2D eigenvalue weighted by Gasteiger charge is 2.24. The zero-order valence-electron chi connectivity index (χ0n) is 17.1. The maximum absolute atomic E-state index is 12.4. The van der Waals surface area contributed by atoms with Gasteiger partial charge < -0.3 is 15.5 Å². The van der Waals surface area contributed by atoms with Crippen LogP contribution in [0.25, 0.3) is 0 Å². The van der Waals surface area contributed by atoms with Crippen LogP contribution in [0.3, 0.4) is 0 Å². The fraction of sp³-hybridized carbons (Fsp3) is 0.619. The van der Waals surface area contributed by atoms with Gasteiger partial charge in [0.05, 0.1) is 6.54 Å². The van der Waals surface area contributed by atoms with Gasteiger partial charge in [-0.2, -0.15) is 0 Å². The second-order valence-electron chi connectivity index (χ2n) is 8.00. The number of carbonyl (C=O) groups excluding carboxylic acids is 2. The Hall–Kier alpha value is -2.08.